The minimum atomic E-state index is 0.633. The van der Waals surface area contributed by atoms with Gasteiger partial charge in [-0.15, -0.1) is 0 Å². The van der Waals surface area contributed by atoms with Crippen LogP contribution in [0.1, 0.15) is 0 Å². The minimum absolute atomic E-state index is 0.633. The van der Waals surface area contributed by atoms with Crippen molar-refractivity contribution >= 4 is 54.4 Å². The van der Waals surface area contributed by atoms with Gasteiger partial charge in [0, 0.05) is 54.7 Å². The summed E-state index contributed by atoms with van der Waals surface area (Å²) < 4.78 is 6.60. The van der Waals surface area contributed by atoms with Crippen molar-refractivity contribution in [3.8, 4) is 67.7 Å². The first-order chi connectivity index (χ1) is 30.2. The van der Waals surface area contributed by atoms with Crippen molar-refractivity contribution in [1.82, 2.24) is 19.9 Å². The van der Waals surface area contributed by atoms with Gasteiger partial charge in [-0.1, -0.05) is 182 Å². The minimum Gasteiger partial charge on any atom is -0.456 e. The molecule has 0 saturated heterocycles. The highest BCUT2D eigenvalue weighted by molar-refractivity contribution is 6.27. The van der Waals surface area contributed by atoms with Gasteiger partial charge < -0.3 is 4.42 Å². The Morgan fingerprint density at radius 3 is 1.48 bits per heavy atom. The summed E-state index contributed by atoms with van der Waals surface area (Å²) in [6.45, 7) is 0. The van der Waals surface area contributed by atoms with Crippen molar-refractivity contribution in [1.29, 1.82) is 0 Å². The Kier molecular flexibility index (Phi) is 8.10. The molecule has 61 heavy (non-hydrogen) atoms. The van der Waals surface area contributed by atoms with Crippen LogP contribution in [0.3, 0.4) is 0 Å². The first kappa shape index (κ1) is 34.7. The van der Waals surface area contributed by atoms with Gasteiger partial charge in [0.1, 0.15) is 11.2 Å². The monoisotopic (exact) mass is 778 g/mol. The third-order valence-corrected chi connectivity index (χ3v) is 11.7. The second-order valence-corrected chi connectivity index (χ2v) is 15.3. The van der Waals surface area contributed by atoms with Crippen LogP contribution in [0.5, 0.6) is 0 Å². The van der Waals surface area contributed by atoms with E-state index in [1.807, 2.05) is 66.7 Å². The molecule has 12 rings (SSSR count). The molecular formula is C56H34N4O. The van der Waals surface area contributed by atoms with Gasteiger partial charge in [0.25, 0.3) is 0 Å². The van der Waals surface area contributed by atoms with Crippen molar-refractivity contribution in [3.63, 3.8) is 0 Å². The molecule has 0 radical (unpaired) electrons. The van der Waals surface area contributed by atoms with Crippen LogP contribution in [-0.2, 0) is 0 Å². The standard InChI is InChI=1S/C56H34N4O/c1-4-16-36(17-5-1)50-51-44-24-12-14-26-47(44)57-53(46(51)34-49-52(50)45-25-13-15-27-48(45)61-49)37-30-28-35(29-31-37)40-32-33-43(42-23-11-10-22-41(40)42)56-59-54(38-18-6-2-7-19-38)58-55(60-56)39-20-8-3-9-21-39/h1-34H. The molecule has 0 aliphatic carbocycles. The third-order valence-electron chi connectivity index (χ3n) is 11.7. The Labute approximate surface area is 351 Å². The SMILES string of the molecule is c1ccc(-c2nc(-c3ccccc3)nc(-c3ccc(-c4ccc(-c5nc6ccccc6c6c(-c7ccccc7)c7c(cc56)oc5ccccc57)cc4)c4ccccc34)n2)cc1. The number of nitrogens with zero attached hydrogens (tertiary/aromatic N) is 4. The Bertz CT molecular complexity index is 3560. The summed E-state index contributed by atoms with van der Waals surface area (Å²) in [6.07, 6.45) is 0. The zero-order valence-corrected chi connectivity index (χ0v) is 32.8. The summed E-state index contributed by atoms with van der Waals surface area (Å²) in [4.78, 5) is 20.4. The van der Waals surface area contributed by atoms with Gasteiger partial charge >= 0.3 is 0 Å². The first-order valence-electron chi connectivity index (χ1n) is 20.5. The lowest BCUT2D eigenvalue weighted by molar-refractivity contribution is 0.669. The van der Waals surface area contributed by atoms with Gasteiger partial charge in [0.2, 0.25) is 0 Å². The fourth-order valence-corrected chi connectivity index (χ4v) is 8.91. The van der Waals surface area contributed by atoms with E-state index < -0.39 is 0 Å². The molecule has 12 aromatic rings. The topological polar surface area (TPSA) is 64.7 Å². The lowest BCUT2D eigenvalue weighted by atomic mass is 9.89. The molecule has 5 nitrogen and oxygen atoms in total. The van der Waals surface area contributed by atoms with Crippen LogP contribution in [0, 0.1) is 0 Å². The Morgan fingerprint density at radius 1 is 0.295 bits per heavy atom. The molecule has 0 amide bonds. The maximum Gasteiger partial charge on any atom is 0.164 e. The van der Waals surface area contributed by atoms with Crippen molar-refractivity contribution in [2.45, 2.75) is 0 Å². The quantitative estimate of drug-likeness (QED) is 0.157. The molecule has 9 aromatic carbocycles. The first-order valence-corrected chi connectivity index (χ1v) is 20.5. The van der Waals surface area contributed by atoms with Crippen LogP contribution in [0.4, 0.5) is 0 Å². The van der Waals surface area contributed by atoms with Crippen molar-refractivity contribution in [3.05, 3.63) is 206 Å². The smallest absolute Gasteiger partial charge is 0.164 e. The average Bonchev–Trinajstić information content (AvgIpc) is 3.71. The Balaban J connectivity index is 1.02. The van der Waals surface area contributed by atoms with Gasteiger partial charge in [0.15, 0.2) is 17.5 Å². The highest BCUT2D eigenvalue weighted by atomic mass is 16.3. The third kappa shape index (κ3) is 5.86. The summed E-state index contributed by atoms with van der Waals surface area (Å²) >= 11 is 0. The van der Waals surface area contributed by atoms with Gasteiger partial charge in [-0.2, -0.15) is 0 Å². The molecule has 0 bridgehead atoms. The number of para-hydroxylation sites is 2. The zero-order chi connectivity index (χ0) is 40.3. The van der Waals surface area contributed by atoms with Gasteiger partial charge in [-0.25, -0.2) is 19.9 Å². The summed E-state index contributed by atoms with van der Waals surface area (Å²) in [5.41, 5.74) is 12.0. The molecule has 3 aromatic heterocycles. The molecule has 0 aliphatic rings. The summed E-state index contributed by atoms with van der Waals surface area (Å²) in [5.74, 6) is 1.91. The molecule has 0 saturated carbocycles. The molecule has 0 spiro atoms. The highest BCUT2D eigenvalue weighted by Crippen LogP contribution is 2.46. The van der Waals surface area contributed by atoms with Crippen LogP contribution < -0.4 is 0 Å². The fraction of sp³-hybridized carbons (Fsp3) is 0. The van der Waals surface area contributed by atoms with E-state index in [0.29, 0.717) is 17.5 Å². The van der Waals surface area contributed by atoms with E-state index in [-0.39, 0.29) is 0 Å². The fourth-order valence-electron chi connectivity index (χ4n) is 8.91. The number of rotatable bonds is 6. The number of benzene rings is 9. The number of pyridine rings is 1. The predicted molar refractivity (Wildman–Crippen MR) is 250 cm³/mol. The maximum atomic E-state index is 6.60. The lowest BCUT2D eigenvalue weighted by Crippen LogP contribution is -2.00. The predicted octanol–water partition coefficient (Wildman–Crippen LogP) is 14.6. The van der Waals surface area contributed by atoms with Crippen molar-refractivity contribution < 1.29 is 4.42 Å². The number of fused-ring (bicyclic) bond motifs is 7. The highest BCUT2D eigenvalue weighted by Gasteiger charge is 2.22. The Morgan fingerprint density at radius 2 is 0.803 bits per heavy atom. The van der Waals surface area contributed by atoms with Crippen molar-refractivity contribution in [2.24, 2.45) is 0 Å². The number of furan rings is 1. The molecule has 0 aliphatic heterocycles. The van der Waals surface area contributed by atoms with Crippen LogP contribution >= 0.6 is 0 Å². The number of aromatic nitrogens is 4. The molecule has 5 heteroatoms. The molecule has 0 N–H and O–H groups in total. The van der Waals surface area contributed by atoms with E-state index in [9.17, 15) is 0 Å². The van der Waals surface area contributed by atoms with E-state index in [1.54, 1.807) is 0 Å². The number of hydrogen-bond donors (Lipinski definition) is 0. The molecule has 3 heterocycles. The van der Waals surface area contributed by atoms with Crippen LogP contribution in [-0.4, -0.2) is 19.9 Å². The molecule has 0 unspecified atom stereocenters. The summed E-state index contributed by atoms with van der Waals surface area (Å²) in [5, 5.41) is 7.73. The summed E-state index contributed by atoms with van der Waals surface area (Å²) in [6, 6.07) is 71.5. The van der Waals surface area contributed by atoms with E-state index in [4.69, 9.17) is 24.4 Å². The van der Waals surface area contributed by atoms with E-state index in [1.165, 1.54) is 5.39 Å². The molecule has 0 atom stereocenters. The second kappa shape index (κ2) is 14.2. The summed E-state index contributed by atoms with van der Waals surface area (Å²) in [7, 11) is 0. The molecule has 284 valence electrons. The zero-order valence-electron chi connectivity index (χ0n) is 32.8. The van der Waals surface area contributed by atoms with Gasteiger partial charge in [0.05, 0.1) is 11.2 Å². The van der Waals surface area contributed by atoms with Crippen LogP contribution in [0.25, 0.3) is 122 Å². The van der Waals surface area contributed by atoms with Crippen LogP contribution in [0.2, 0.25) is 0 Å². The molecule has 0 fully saturated rings. The van der Waals surface area contributed by atoms with Gasteiger partial charge in [-0.05, 0) is 51.7 Å². The normalized spacial score (nSPS) is 11.6. The molecular weight excluding hydrogens is 745 g/mol. The maximum absolute atomic E-state index is 6.60. The second-order valence-electron chi connectivity index (χ2n) is 15.3. The largest absolute Gasteiger partial charge is 0.456 e. The lowest BCUT2D eigenvalue weighted by Gasteiger charge is -2.16. The van der Waals surface area contributed by atoms with Gasteiger partial charge in [-0.3, -0.25) is 0 Å². The van der Waals surface area contributed by atoms with E-state index in [0.717, 1.165) is 99.2 Å². The average molecular weight is 779 g/mol. The number of hydrogen-bond acceptors (Lipinski definition) is 5. The van der Waals surface area contributed by atoms with E-state index in [2.05, 4.69) is 140 Å². The Hall–Kier alpha value is -8.28. The van der Waals surface area contributed by atoms with Crippen molar-refractivity contribution in [2.75, 3.05) is 0 Å². The van der Waals surface area contributed by atoms with Crippen LogP contribution in [0.15, 0.2) is 211 Å². The van der Waals surface area contributed by atoms with E-state index >= 15 is 0 Å².